The molecular formula is C14H30O4Si. The van der Waals surface area contributed by atoms with Crippen molar-refractivity contribution in [3.05, 3.63) is 0 Å². The molecule has 1 N–H and O–H groups in total. The lowest BCUT2D eigenvalue weighted by molar-refractivity contribution is 0.0642. The van der Waals surface area contributed by atoms with Crippen LogP contribution in [0.15, 0.2) is 0 Å². The Morgan fingerprint density at radius 1 is 1.00 bits per heavy atom. The van der Waals surface area contributed by atoms with Crippen molar-refractivity contribution in [3.8, 4) is 0 Å². The second-order valence-electron chi connectivity index (χ2n) is 5.21. The van der Waals surface area contributed by atoms with E-state index in [4.69, 9.17) is 13.3 Å². The molecule has 114 valence electrons. The first-order valence-corrected chi connectivity index (χ1v) is 9.68. The van der Waals surface area contributed by atoms with E-state index in [1.807, 2.05) is 20.8 Å². The van der Waals surface area contributed by atoms with Crippen LogP contribution in [0, 0.1) is 5.92 Å². The molecule has 1 fully saturated rings. The third-order valence-corrected chi connectivity index (χ3v) is 6.79. The molecular weight excluding hydrogens is 260 g/mol. The predicted octanol–water partition coefficient (Wildman–Crippen LogP) is 2.98. The minimum atomic E-state index is -2.48. The fourth-order valence-corrected chi connectivity index (χ4v) is 5.67. The van der Waals surface area contributed by atoms with Crippen molar-refractivity contribution in [2.75, 3.05) is 19.8 Å². The van der Waals surface area contributed by atoms with E-state index < -0.39 is 8.80 Å². The molecule has 1 aliphatic rings. The van der Waals surface area contributed by atoms with Crippen LogP contribution in [-0.4, -0.2) is 39.8 Å². The third-order valence-electron chi connectivity index (χ3n) is 3.71. The summed E-state index contributed by atoms with van der Waals surface area (Å²) in [6.45, 7) is 7.89. The SMILES string of the molecule is CCO[Si](CCC1CCCC(O)C1)(OCC)OCC. The third kappa shape index (κ3) is 5.91. The van der Waals surface area contributed by atoms with Gasteiger partial charge in [-0.15, -0.1) is 0 Å². The van der Waals surface area contributed by atoms with Gasteiger partial charge in [0, 0.05) is 25.9 Å². The van der Waals surface area contributed by atoms with Crippen molar-refractivity contribution in [2.45, 2.75) is 65.0 Å². The molecule has 0 heterocycles. The maximum Gasteiger partial charge on any atom is 0.500 e. The summed E-state index contributed by atoms with van der Waals surface area (Å²) in [6, 6.07) is 0.875. The van der Waals surface area contributed by atoms with Crippen LogP contribution < -0.4 is 0 Å². The van der Waals surface area contributed by atoms with Gasteiger partial charge in [0.15, 0.2) is 0 Å². The van der Waals surface area contributed by atoms with Gasteiger partial charge in [0.1, 0.15) is 0 Å². The average Bonchev–Trinajstić information content (AvgIpc) is 2.38. The van der Waals surface area contributed by atoms with Gasteiger partial charge in [0.05, 0.1) is 6.10 Å². The molecule has 0 spiro atoms. The topological polar surface area (TPSA) is 47.9 Å². The van der Waals surface area contributed by atoms with Crippen molar-refractivity contribution in [1.82, 2.24) is 0 Å². The number of rotatable bonds is 9. The van der Waals surface area contributed by atoms with Gasteiger partial charge in [-0.2, -0.15) is 0 Å². The summed E-state index contributed by atoms with van der Waals surface area (Å²) in [5.74, 6) is 0.594. The molecule has 0 radical (unpaired) electrons. The van der Waals surface area contributed by atoms with E-state index in [0.29, 0.717) is 25.7 Å². The Morgan fingerprint density at radius 3 is 2.05 bits per heavy atom. The van der Waals surface area contributed by atoms with Gasteiger partial charge in [-0.3, -0.25) is 0 Å². The summed E-state index contributed by atoms with van der Waals surface area (Å²) in [5, 5.41) is 9.74. The standard InChI is InChI=1S/C14H30O4Si/c1-4-16-19(17-5-2,18-6-3)11-10-13-8-7-9-14(15)12-13/h13-15H,4-12H2,1-3H3. The summed E-state index contributed by atoms with van der Waals surface area (Å²) in [4.78, 5) is 0. The van der Waals surface area contributed by atoms with Gasteiger partial charge in [0.25, 0.3) is 0 Å². The molecule has 0 aromatic carbocycles. The second kappa shape index (κ2) is 9.08. The highest BCUT2D eigenvalue weighted by atomic mass is 28.4. The lowest BCUT2D eigenvalue weighted by atomic mass is 9.86. The van der Waals surface area contributed by atoms with Crippen LogP contribution in [0.25, 0.3) is 0 Å². The van der Waals surface area contributed by atoms with E-state index in [0.717, 1.165) is 31.7 Å². The molecule has 5 heteroatoms. The van der Waals surface area contributed by atoms with E-state index >= 15 is 0 Å². The number of hydrogen-bond donors (Lipinski definition) is 1. The maximum absolute atomic E-state index is 9.74. The zero-order chi connectivity index (χ0) is 14.1. The summed E-state index contributed by atoms with van der Waals surface area (Å²) < 4.78 is 17.6. The van der Waals surface area contributed by atoms with Gasteiger partial charge in [-0.1, -0.05) is 12.8 Å². The van der Waals surface area contributed by atoms with Gasteiger partial charge in [-0.05, 0) is 46.0 Å². The smallest absolute Gasteiger partial charge is 0.393 e. The first-order chi connectivity index (χ1) is 9.15. The van der Waals surface area contributed by atoms with Crippen molar-refractivity contribution in [2.24, 2.45) is 5.92 Å². The molecule has 4 nitrogen and oxygen atoms in total. The predicted molar refractivity (Wildman–Crippen MR) is 78.0 cm³/mol. The van der Waals surface area contributed by atoms with E-state index in [1.165, 1.54) is 6.42 Å². The van der Waals surface area contributed by atoms with E-state index in [2.05, 4.69) is 0 Å². The lowest BCUT2D eigenvalue weighted by Gasteiger charge is -2.31. The fourth-order valence-electron chi connectivity index (χ4n) is 2.91. The highest BCUT2D eigenvalue weighted by Crippen LogP contribution is 2.31. The minimum Gasteiger partial charge on any atom is -0.393 e. The number of aliphatic hydroxyl groups is 1. The van der Waals surface area contributed by atoms with Crippen LogP contribution in [0.1, 0.15) is 52.9 Å². The highest BCUT2D eigenvalue weighted by Gasteiger charge is 2.40. The molecule has 1 saturated carbocycles. The Labute approximate surface area is 118 Å². The molecule has 19 heavy (non-hydrogen) atoms. The van der Waals surface area contributed by atoms with Crippen LogP contribution in [0.4, 0.5) is 0 Å². The van der Waals surface area contributed by atoms with E-state index in [1.54, 1.807) is 0 Å². The van der Waals surface area contributed by atoms with Gasteiger partial charge in [0.2, 0.25) is 0 Å². The Morgan fingerprint density at radius 2 is 1.58 bits per heavy atom. The van der Waals surface area contributed by atoms with Gasteiger partial charge < -0.3 is 18.4 Å². The number of aliphatic hydroxyl groups excluding tert-OH is 1. The van der Waals surface area contributed by atoms with E-state index in [9.17, 15) is 5.11 Å². The monoisotopic (exact) mass is 290 g/mol. The van der Waals surface area contributed by atoms with Crippen LogP contribution in [0.3, 0.4) is 0 Å². The zero-order valence-electron chi connectivity index (χ0n) is 12.7. The zero-order valence-corrected chi connectivity index (χ0v) is 13.7. The quantitative estimate of drug-likeness (QED) is 0.663. The Bertz CT molecular complexity index is 220. The number of hydrogen-bond acceptors (Lipinski definition) is 4. The molecule has 0 aromatic rings. The first-order valence-electron chi connectivity index (χ1n) is 7.75. The molecule has 0 amide bonds. The van der Waals surface area contributed by atoms with Crippen molar-refractivity contribution < 1.29 is 18.4 Å². The Kier molecular flexibility index (Phi) is 8.17. The fraction of sp³-hybridized carbons (Fsp3) is 1.00. The van der Waals surface area contributed by atoms with Gasteiger partial charge in [-0.25, -0.2) is 0 Å². The summed E-state index contributed by atoms with van der Waals surface area (Å²) >= 11 is 0. The summed E-state index contributed by atoms with van der Waals surface area (Å²) in [7, 11) is -2.48. The second-order valence-corrected chi connectivity index (χ2v) is 7.94. The molecule has 1 aliphatic carbocycles. The Hall–Kier alpha value is 0.0569. The molecule has 0 saturated heterocycles. The van der Waals surface area contributed by atoms with Crippen LogP contribution in [0.2, 0.25) is 6.04 Å². The minimum absolute atomic E-state index is 0.110. The maximum atomic E-state index is 9.74. The lowest BCUT2D eigenvalue weighted by Crippen LogP contribution is -2.46. The van der Waals surface area contributed by atoms with Crippen LogP contribution >= 0.6 is 0 Å². The Balaban J connectivity index is 2.50. The van der Waals surface area contributed by atoms with Gasteiger partial charge >= 0.3 is 8.80 Å². The largest absolute Gasteiger partial charge is 0.500 e. The van der Waals surface area contributed by atoms with E-state index in [-0.39, 0.29) is 6.10 Å². The van der Waals surface area contributed by atoms with Crippen molar-refractivity contribution in [1.29, 1.82) is 0 Å². The highest BCUT2D eigenvalue weighted by molar-refractivity contribution is 6.60. The normalized spacial score (nSPS) is 24.6. The molecule has 0 bridgehead atoms. The van der Waals surface area contributed by atoms with Crippen molar-refractivity contribution >= 4 is 8.80 Å². The molecule has 1 rings (SSSR count). The summed E-state index contributed by atoms with van der Waals surface area (Å²) in [6.07, 6.45) is 5.17. The average molecular weight is 290 g/mol. The van der Waals surface area contributed by atoms with Crippen LogP contribution in [-0.2, 0) is 13.3 Å². The summed E-state index contributed by atoms with van der Waals surface area (Å²) in [5.41, 5.74) is 0. The van der Waals surface area contributed by atoms with Crippen molar-refractivity contribution in [3.63, 3.8) is 0 Å². The molecule has 0 aliphatic heterocycles. The first kappa shape index (κ1) is 17.1. The van der Waals surface area contributed by atoms with Crippen LogP contribution in [0.5, 0.6) is 0 Å². The molecule has 2 unspecified atom stereocenters. The molecule has 2 atom stereocenters. The molecule has 0 aromatic heterocycles.